The molecule has 2 aromatic rings. The first-order valence-corrected chi connectivity index (χ1v) is 8.01. The highest BCUT2D eigenvalue weighted by Gasteiger charge is 2.44. The van der Waals surface area contributed by atoms with E-state index in [0.29, 0.717) is 5.56 Å². The zero-order valence-electron chi connectivity index (χ0n) is 14.1. The fourth-order valence-corrected chi connectivity index (χ4v) is 3.08. The number of likely N-dealkylation sites (tertiary alicyclic amines) is 1. The number of hydrogen-bond donors (Lipinski definition) is 1. The topological polar surface area (TPSA) is 62.3 Å². The Kier molecular flexibility index (Phi) is 4.86. The third kappa shape index (κ3) is 3.91. The molecule has 3 rings (SSSR count). The molecule has 27 heavy (non-hydrogen) atoms. The van der Waals surface area contributed by atoms with Gasteiger partial charge in [-0.1, -0.05) is 12.1 Å². The zero-order chi connectivity index (χ0) is 19.8. The van der Waals surface area contributed by atoms with Gasteiger partial charge < -0.3 is 10.2 Å². The molecule has 1 aromatic carbocycles. The summed E-state index contributed by atoms with van der Waals surface area (Å²) in [7, 11) is 1.52. The van der Waals surface area contributed by atoms with Crippen molar-refractivity contribution in [3.05, 3.63) is 59.7 Å². The summed E-state index contributed by atoms with van der Waals surface area (Å²) in [6.07, 6.45) is -3.35. The van der Waals surface area contributed by atoms with Crippen LogP contribution in [0.15, 0.2) is 42.6 Å². The van der Waals surface area contributed by atoms with E-state index in [1.807, 2.05) is 0 Å². The van der Waals surface area contributed by atoms with Crippen LogP contribution in [0.2, 0.25) is 0 Å². The SMILES string of the molecule is CN1C[C@@H](c2ccc(C(F)(F)F)cc2)[C@H](C(=O)Nc2ccc(F)nc2)C1=O. The van der Waals surface area contributed by atoms with Gasteiger partial charge in [0.05, 0.1) is 17.4 Å². The Hall–Kier alpha value is -2.97. The van der Waals surface area contributed by atoms with Gasteiger partial charge in [0.15, 0.2) is 0 Å². The second-order valence-corrected chi connectivity index (χ2v) is 6.28. The van der Waals surface area contributed by atoms with Crippen molar-refractivity contribution in [2.24, 2.45) is 5.92 Å². The number of halogens is 4. The molecule has 1 N–H and O–H groups in total. The molecule has 5 nitrogen and oxygen atoms in total. The van der Waals surface area contributed by atoms with Crippen molar-refractivity contribution in [2.45, 2.75) is 12.1 Å². The fraction of sp³-hybridized carbons (Fsp3) is 0.278. The average molecular weight is 381 g/mol. The van der Waals surface area contributed by atoms with Gasteiger partial charge in [0, 0.05) is 19.5 Å². The lowest BCUT2D eigenvalue weighted by molar-refractivity contribution is -0.138. The van der Waals surface area contributed by atoms with Crippen LogP contribution in [0, 0.1) is 11.9 Å². The van der Waals surface area contributed by atoms with Crippen LogP contribution < -0.4 is 5.32 Å². The van der Waals surface area contributed by atoms with E-state index in [-0.39, 0.29) is 12.2 Å². The number of nitrogens with one attached hydrogen (secondary N) is 1. The van der Waals surface area contributed by atoms with Gasteiger partial charge >= 0.3 is 6.18 Å². The number of amides is 2. The summed E-state index contributed by atoms with van der Waals surface area (Å²) in [6.45, 7) is 0.198. The predicted octanol–water partition coefficient (Wildman–Crippen LogP) is 3.05. The highest BCUT2D eigenvalue weighted by Crippen LogP contribution is 2.36. The van der Waals surface area contributed by atoms with E-state index < -0.39 is 41.3 Å². The van der Waals surface area contributed by atoms with Crippen molar-refractivity contribution >= 4 is 17.5 Å². The largest absolute Gasteiger partial charge is 0.416 e. The molecule has 142 valence electrons. The van der Waals surface area contributed by atoms with Gasteiger partial charge in [0.2, 0.25) is 17.8 Å². The number of hydrogen-bond acceptors (Lipinski definition) is 3. The van der Waals surface area contributed by atoms with E-state index in [2.05, 4.69) is 10.3 Å². The fourth-order valence-electron chi connectivity index (χ4n) is 3.08. The summed E-state index contributed by atoms with van der Waals surface area (Å²) in [5.74, 6) is -3.47. The molecule has 0 radical (unpaired) electrons. The number of anilines is 1. The Morgan fingerprint density at radius 1 is 1.19 bits per heavy atom. The quantitative estimate of drug-likeness (QED) is 0.505. The number of carbonyl (C=O) groups is 2. The highest BCUT2D eigenvalue weighted by atomic mass is 19.4. The summed E-state index contributed by atoms with van der Waals surface area (Å²) < 4.78 is 51.1. The smallest absolute Gasteiger partial charge is 0.344 e. The second-order valence-electron chi connectivity index (χ2n) is 6.28. The Morgan fingerprint density at radius 3 is 2.41 bits per heavy atom. The van der Waals surface area contributed by atoms with Crippen LogP contribution in [-0.2, 0) is 15.8 Å². The van der Waals surface area contributed by atoms with E-state index in [9.17, 15) is 27.2 Å². The third-order valence-electron chi connectivity index (χ3n) is 4.46. The van der Waals surface area contributed by atoms with Crippen LogP contribution in [0.4, 0.5) is 23.2 Å². The minimum atomic E-state index is -4.47. The first-order chi connectivity index (χ1) is 12.7. The summed E-state index contributed by atoms with van der Waals surface area (Å²) in [4.78, 5) is 29.8. The molecular weight excluding hydrogens is 366 g/mol. The molecule has 2 atom stereocenters. The molecule has 0 saturated carbocycles. The lowest BCUT2D eigenvalue weighted by Crippen LogP contribution is -2.32. The number of aromatic nitrogens is 1. The molecular formula is C18H15F4N3O2. The summed E-state index contributed by atoms with van der Waals surface area (Å²) >= 11 is 0. The minimum absolute atomic E-state index is 0.198. The van der Waals surface area contributed by atoms with Crippen molar-refractivity contribution in [1.82, 2.24) is 9.88 Å². The van der Waals surface area contributed by atoms with Gasteiger partial charge in [0.1, 0.15) is 5.92 Å². The van der Waals surface area contributed by atoms with Crippen LogP contribution in [0.5, 0.6) is 0 Å². The molecule has 1 saturated heterocycles. The van der Waals surface area contributed by atoms with Crippen LogP contribution in [0.3, 0.4) is 0 Å². The Balaban J connectivity index is 1.84. The van der Waals surface area contributed by atoms with Gasteiger partial charge in [0.25, 0.3) is 0 Å². The normalized spacial score (nSPS) is 20.0. The van der Waals surface area contributed by atoms with Crippen LogP contribution >= 0.6 is 0 Å². The Morgan fingerprint density at radius 2 is 1.85 bits per heavy atom. The molecule has 0 bridgehead atoms. The summed E-state index contributed by atoms with van der Waals surface area (Å²) in [5.41, 5.74) is -0.129. The number of likely N-dealkylation sites (N-methyl/N-ethyl adjacent to an activating group) is 1. The number of alkyl halides is 3. The van der Waals surface area contributed by atoms with Crippen molar-refractivity contribution < 1.29 is 27.2 Å². The third-order valence-corrected chi connectivity index (χ3v) is 4.46. The summed E-state index contributed by atoms with van der Waals surface area (Å²) in [5, 5.41) is 2.50. The van der Waals surface area contributed by atoms with E-state index in [1.54, 1.807) is 0 Å². The average Bonchev–Trinajstić information content (AvgIpc) is 2.91. The maximum atomic E-state index is 12.9. The predicted molar refractivity (Wildman–Crippen MR) is 88.1 cm³/mol. The van der Waals surface area contributed by atoms with Crippen molar-refractivity contribution in [2.75, 3.05) is 18.9 Å². The molecule has 1 aliphatic rings. The van der Waals surface area contributed by atoms with Crippen LogP contribution in [0.25, 0.3) is 0 Å². The van der Waals surface area contributed by atoms with E-state index in [4.69, 9.17) is 0 Å². The van der Waals surface area contributed by atoms with Gasteiger partial charge in [-0.15, -0.1) is 0 Å². The van der Waals surface area contributed by atoms with E-state index in [1.165, 1.54) is 30.1 Å². The van der Waals surface area contributed by atoms with Crippen molar-refractivity contribution in [3.8, 4) is 0 Å². The number of carbonyl (C=O) groups excluding carboxylic acids is 2. The Labute approximate surface area is 152 Å². The van der Waals surface area contributed by atoms with Gasteiger partial charge in [-0.05, 0) is 29.8 Å². The van der Waals surface area contributed by atoms with E-state index >= 15 is 0 Å². The Bertz CT molecular complexity index is 850. The molecule has 2 heterocycles. The maximum absolute atomic E-state index is 12.9. The zero-order valence-corrected chi connectivity index (χ0v) is 14.1. The molecule has 0 aliphatic carbocycles. The molecule has 0 spiro atoms. The highest BCUT2D eigenvalue weighted by molar-refractivity contribution is 6.08. The lowest BCUT2D eigenvalue weighted by Gasteiger charge is -2.17. The molecule has 1 aromatic heterocycles. The molecule has 9 heteroatoms. The van der Waals surface area contributed by atoms with Gasteiger partial charge in [-0.3, -0.25) is 9.59 Å². The second kappa shape index (κ2) is 6.98. The lowest BCUT2D eigenvalue weighted by atomic mass is 9.87. The minimum Gasteiger partial charge on any atom is -0.344 e. The summed E-state index contributed by atoms with van der Waals surface area (Å²) in [6, 6.07) is 6.77. The molecule has 2 amide bonds. The first kappa shape index (κ1) is 18.8. The van der Waals surface area contributed by atoms with Crippen molar-refractivity contribution in [3.63, 3.8) is 0 Å². The monoisotopic (exact) mass is 381 g/mol. The maximum Gasteiger partial charge on any atom is 0.416 e. The first-order valence-electron chi connectivity index (χ1n) is 8.01. The number of benzene rings is 1. The van der Waals surface area contributed by atoms with Crippen LogP contribution in [-0.4, -0.2) is 35.3 Å². The number of rotatable bonds is 3. The van der Waals surface area contributed by atoms with Crippen molar-refractivity contribution in [1.29, 1.82) is 0 Å². The van der Waals surface area contributed by atoms with Crippen LogP contribution in [0.1, 0.15) is 17.0 Å². The number of nitrogens with zero attached hydrogens (tertiary/aromatic N) is 2. The van der Waals surface area contributed by atoms with Gasteiger partial charge in [-0.25, -0.2) is 4.98 Å². The molecule has 0 unspecified atom stereocenters. The molecule has 1 aliphatic heterocycles. The standard InChI is InChI=1S/C18H15F4N3O2/c1-25-9-13(10-2-4-11(5-3-10)18(20,21)22)15(17(25)27)16(26)24-12-6-7-14(19)23-8-12/h2-8,13,15H,9H2,1H3,(H,24,26)/t13-,15+/m0/s1. The molecule has 1 fully saturated rings. The van der Waals surface area contributed by atoms with E-state index in [0.717, 1.165) is 24.4 Å². The number of pyridine rings is 1. The van der Waals surface area contributed by atoms with Gasteiger partial charge in [-0.2, -0.15) is 17.6 Å².